The molecule has 18 heavy (non-hydrogen) atoms. The Hall–Kier alpha value is -1.84. The van der Waals surface area contributed by atoms with Crippen LogP contribution in [0.1, 0.15) is 30.5 Å². The average Bonchev–Trinajstić information content (AvgIpc) is 2.52. The molecular weight excluding hydrogens is 228 g/mol. The number of amides is 2. The van der Waals surface area contributed by atoms with Crippen LogP contribution in [0.25, 0.3) is 0 Å². The first-order valence-electron chi connectivity index (χ1n) is 6.20. The maximum Gasteiger partial charge on any atom is 0.242 e. The van der Waals surface area contributed by atoms with E-state index in [0.29, 0.717) is 13.0 Å². The molecule has 2 rings (SSSR count). The van der Waals surface area contributed by atoms with Gasteiger partial charge < -0.3 is 10.2 Å². The van der Waals surface area contributed by atoms with Crippen molar-refractivity contribution < 1.29 is 9.59 Å². The maximum atomic E-state index is 12.0. The van der Waals surface area contributed by atoms with Crippen LogP contribution in [0.5, 0.6) is 0 Å². The van der Waals surface area contributed by atoms with Crippen molar-refractivity contribution in [1.82, 2.24) is 10.2 Å². The van der Waals surface area contributed by atoms with Gasteiger partial charge in [0.05, 0.1) is 12.6 Å². The summed E-state index contributed by atoms with van der Waals surface area (Å²) in [6.07, 6.45) is 0.377. The van der Waals surface area contributed by atoms with Crippen molar-refractivity contribution in [1.29, 1.82) is 0 Å². The van der Waals surface area contributed by atoms with Gasteiger partial charge in [0.2, 0.25) is 11.8 Å². The van der Waals surface area contributed by atoms with Crippen LogP contribution < -0.4 is 5.32 Å². The first kappa shape index (κ1) is 12.6. The second-order valence-corrected chi connectivity index (χ2v) is 4.70. The molecule has 1 aliphatic heterocycles. The third kappa shape index (κ3) is 2.70. The van der Waals surface area contributed by atoms with E-state index < -0.39 is 0 Å². The van der Waals surface area contributed by atoms with Gasteiger partial charge in [0.25, 0.3) is 0 Å². The molecule has 1 unspecified atom stereocenters. The van der Waals surface area contributed by atoms with Gasteiger partial charge >= 0.3 is 0 Å². The van der Waals surface area contributed by atoms with Gasteiger partial charge in [0, 0.05) is 13.0 Å². The van der Waals surface area contributed by atoms with Gasteiger partial charge in [-0.1, -0.05) is 29.8 Å². The van der Waals surface area contributed by atoms with Crippen LogP contribution >= 0.6 is 0 Å². The number of nitrogens with one attached hydrogen (secondary N) is 1. The first-order valence-corrected chi connectivity index (χ1v) is 6.20. The number of aryl methyl sites for hydroxylation is 1. The lowest BCUT2D eigenvalue weighted by Crippen LogP contribution is -2.37. The predicted octanol–water partition coefficient (Wildman–Crippen LogP) is 1.40. The molecule has 0 aliphatic carbocycles. The summed E-state index contributed by atoms with van der Waals surface area (Å²) < 4.78 is 0. The highest BCUT2D eigenvalue weighted by atomic mass is 16.2. The monoisotopic (exact) mass is 246 g/mol. The number of nitrogens with zero attached hydrogens (tertiary/aromatic N) is 1. The molecule has 2 amide bonds. The minimum absolute atomic E-state index is 0.00537. The highest BCUT2D eigenvalue weighted by Gasteiger charge is 2.25. The molecule has 1 atom stereocenters. The molecule has 4 nitrogen and oxygen atoms in total. The summed E-state index contributed by atoms with van der Waals surface area (Å²) in [7, 11) is 0. The Balaban J connectivity index is 2.16. The van der Waals surface area contributed by atoms with E-state index in [4.69, 9.17) is 0 Å². The van der Waals surface area contributed by atoms with E-state index in [1.165, 1.54) is 5.56 Å². The maximum absolute atomic E-state index is 12.0. The summed E-state index contributed by atoms with van der Waals surface area (Å²) >= 11 is 0. The van der Waals surface area contributed by atoms with E-state index in [9.17, 15) is 9.59 Å². The normalized spacial score (nSPS) is 18.2. The van der Waals surface area contributed by atoms with Crippen molar-refractivity contribution in [3.8, 4) is 0 Å². The zero-order chi connectivity index (χ0) is 13.1. The van der Waals surface area contributed by atoms with Crippen molar-refractivity contribution in [3.05, 3.63) is 35.4 Å². The number of carbonyl (C=O) groups excluding carboxylic acids is 2. The second kappa shape index (κ2) is 5.21. The number of rotatable bonds is 2. The summed E-state index contributed by atoms with van der Waals surface area (Å²) in [4.78, 5) is 25.0. The van der Waals surface area contributed by atoms with Crippen molar-refractivity contribution in [2.24, 2.45) is 0 Å². The Morgan fingerprint density at radius 3 is 2.56 bits per heavy atom. The number of hydrogen-bond acceptors (Lipinski definition) is 2. The summed E-state index contributed by atoms with van der Waals surface area (Å²) in [6, 6.07) is 8.15. The van der Waals surface area contributed by atoms with E-state index in [1.807, 2.05) is 38.1 Å². The molecule has 1 aliphatic rings. The van der Waals surface area contributed by atoms with Crippen LogP contribution in [0.3, 0.4) is 0 Å². The summed E-state index contributed by atoms with van der Waals surface area (Å²) in [5.74, 6) is -0.0733. The van der Waals surface area contributed by atoms with Gasteiger partial charge in [-0.25, -0.2) is 0 Å². The molecule has 0 spiro atoms. The van der Waals surface area contributed by atoms with Crippen molar-refractivity contribution in [2.75, 3.05) is 13.1 Å². The minimum Gasteiger partial charge on any atom is -0.347 e. The molecule has 0 bridgehead atoms. The molecule has 0 aromatic heterocycles. The summed E-state index contributed by atoms with van der Waals surface area (Å²) in [5.41, 5.74) is 2.30. The molecule has 1 N–H and O–H groups in total. The SMILES string of the molecule is Cc1ccc(C(C)N2CCC(=O)NCC2=O)cc1. The van der Waals surface area contributed by atoms with Crippen LogP contribution in [0.2, 0.25) is 0 Å². The van der Waals surface area contributed by atoms with Gasteiger partial charge in [-0.05, 0) is 19.4 Å². The molecule has 0 saturated carbocycles. The lowest BCUT2D eigenvalue weighted by Gasteiger charge is -2.27. The summed E-state index contributed by atoms with van der Waals surface area (Å²) in [5, 5.41) is 2.61. The molecule has 4 heteroatoms. The van der Waals surface area contributed by atoms with E-state index >= 15 is 0 Å². The summed E-state index contributed by atoms with van der Waals surface area (Å²) in [6.45, 7) is 4.63. The highest BCUT2D eigenvalue weighted by molar-refractivity contribution is 5.87. The predicted molar refractivity (Wildman–Crippen MR) is 68.9 cm³/mol. The Labute approximate surface area is 107 Å². The number of carbonyl (C=O) groups is 2. The topological polar surface area (TPSA) is 49.4 Å². The quantitative estimate of drug-likeness (QED) is 0.857. The van der Waals surface area contributed by atoms with Crippen molar-refractivity contribution in [3.63, 3.8) is 0 Å². The number of benzene rings is 1. The molecule has 1 aromatic rings. The van der Waals surface area contributed by atoms with Crippen LogP contribution in [0, 0.1) is 6.92 Å². The van der Waals surface area contributed by atoms with E-state index in [-0.39, 0.29) is 24.4 Å². The fraction of sp³-hybridized carbons (Fsp3) is 0.429. The average molecular weight is 246 g/mol. The van der Waals surface area contributed by atoms with E-state index in [1.54, 1.807) is 4.90 Å². The molecule has 1 saturated heterocycles. The smallest absolute Gasteiger partial charge is 0.242 e. The second-order valence-electron chi connectivity index (χ2n) is 4.70. The molecular formula is C14H18N2O2. The third-order valence-electron chi connectivity index (χ3n) is 3.36. The Morgan fingerprint density at radius 2 is 1.89 bits per heavy atom. The Bertz CT molecular complexity index is 453. The molecule has 1 fully saturated rings. The van der Waals surface area contributed by atoms with Gasteiger partial charge in [0.1, 0.15) is 0 Å². The molecule has 1 aromatic carbocycles. The van der Waals surface area contributed by atoms with Crippen LogP contribution in [-0.2, 0) is 9.59 Å². The van der Waals surface area contributed by atoms with Gasteiger partial charge in [-0.15, -0.1) is 0 Å². The van der Waals surface area contributed by atoms with E-state index in [2.05, 4.69) is 5.32 Å². The van der Waals surface area contributed by atoms with Gasteiger partial charge in [-0.2, -0.15) is 0 Å². The first-order chi connectivity index (χ1) is 8.58. The number of hydrogen-bond donors (Lipinski definition) is 1. The van der Waals surface area contributed by atoms with Gasteiger partial charge in [0.15, 0.2) is 0 Å². The zero-order valence-electron chi connectivity index (χ0n) is 10.8. The Morgan fingerprint density at radius 1 is 1.22 bits per heavy atom. The van der Waals surface area contributed by atoms with Crippen molar-refractivity contribution in [2.45, 2.75) is 26.3 Å². The van der Waals surface area contributed by atoms with Crippen LogP contribution in [-0.4, -0.2) is 29.8 Å². The lowest BCUT2D eigenvalue weighted by molar-refractivity contribution is -0.132. The lowest BCUT2D eigenvalue weighted by atomic mass is 10.0. The molecule has 1 heterocycles. The largest absolute Gasteiger partial charge is 0.347 e. The third-order valence-corrected chi connectivity index (χ3v) is 3.36. The van der Waals surface area contributed by atoms with Gasteiger partial charge in [-0.3, -0.25) is 9.59 Å². The fourth-order valence-electron chi connectivity index (χ4n) is 2.15. The van der Waals surface area contributed by atoms with Crippen LogP contribution in [0.4, 0.5) is 0 Å². The minimum atomic E-state index is -0.0537. The van der Waals surface area contributed by atoms with Crippen LogP contribution in [0.15, 0.2) is 24.3 Å². The molecule has 96 valence electrons. The molecule has 0 radical (unpaired) electrons. The van der Waals surface area contributed by atoms with Crippen molar-refractivity contribution >= 4 is 11.8 Å². The fourth-order valence-corrected chi connectivity index (χ4v) is 2.15. The zero-order valence-corrected chi connectivity index (χ0v) is 10.8. The van der Waals surface area contributed by atoms with E-state index in [0.717, 1.165) is 5.56 Å². The Kier molecular flexibility index (Phi) is 3.65. The highest BCUT2D eigenvalue weighted by Crippen LogP contribution is 2.21. The standard InChI is InChI=1S/C14H18N2O2/c1-10-3-5-12(6-4-10)11(2)16-8-7-13(17)15-9-14(16)18/h3-6,11H,7-9H2,1-2H3,(H,15,17).